The van der Waals surface area contributed by atoms with E-state index in [4.69, 9.17) is 0 Å². The molecule has 0 fully saturated rings. The molecular weight excluding hydrogens is 148 g/mol. The van der Waals surface area contributed by atoms with Crippen LogP contribution < -0.4 is 10.2 Å². The highest BCUT2D eigenvalue weighted by atomic mass is 15.1. The Balaban J connectivity index is 2.52. The number of nitrogens with zero attached hydrogens (tertiary/aromatic N) is 1. The summed E-state index contributed by atoms with van der Waals surface area (Å²) in [5, 5.41) is 3.20. The minimum absolute atomic E-state index is 1.17. The van der Waals surface area contributed by atoms with Crippen molar-refractivity contribution in [2.75, 3.05) is 17.3 Å². The van der Waals surface area contributed by atoms with E-state index in [2.05, 4.69) is 42.4 Å². The summed E-state index contributed by atoms with van der Waals surface area (Å²) >= 11 is 0. The number of hydrogen-bond donors (Lipinski definition) is 1. The fraction of sp³-hybridized carbons (Fsp3) is 0.200. The lowest BCUT2D eigenvalue weighted by atomic mass is 10.1. The van der Waals surface area contributed by atoms with Crippen molar-refractivity contribution in [1.82, 2.24) is 0 Å². The topological polar surface area (TPSA) is 15.3 Å². The highest BCUT2D eigenvalue weighted by Crippen LogP contribution is 2.28. The minimum atomic E-state index is 1.17. The average Bonchev–Trinajstić information content (AvgIpc) is 2.07. The van der Waals surface area contributed by atoms with Crippen molar-refractivity contribution in [3.63, 3.8) is 0 Å². The molecule has 2 rings (SSSR count). The molecule has 1 aliphatic rings. The monoisotopic (exact) mass is 160 g/mol. The summed E-state index contributed by atoms with van der Waals surface area (Å²) in [4.78, 5) is 2.11. The lowest BCUT2D eigenvalue weighted by Crippen LogP contribution is -2.14. The molecule has 1 aliphatic heterocycles. The third-order valence-electron chi connectivity index (χ3n) is 2.07. The number of hydrogen-bond acceptors (Lipinski definition) is 2. The molecule has 0 aliphatic carbocycles. The van der Waals surface area contributed by atoms with E-state index in [1.54, 1.807) is 0 Å². The van der Waals surface area contributed by atoms with Gasteiger partial charge in [0.25, 0.3) is 0 Å². The van der Waals surface area contributed by atoms with Gasteiger partial charge >= 0.3 is 0 Å². The Morgan fingerprint density at radius 3 is 3.00 bits per heavy atom. The number of anilines is 2. The van der Waals surface area contributed by atoms with E-state index in [1.807, 2.05) is 12.4 Å². The van der Waals surface area contributed by atoms with E-state index in [1.165, 1.54) is 16.9 Å². The van der Waals surface area contributed by atoms with E-state index in [0.717, 1.165) is 0 Å². The zero-order chi connectivity index (χ0) is 8.55. The van der Waals surface area contributed by atoms with Crippen LogP contribution in [0.3, 0.4) is 0 Å². The van der Waals surface area contributed by atoms with Gasteiger partial charge in [-0.1, -0.05) is 6.07 Å². The van der Waals surface area contributed by atoms with Gasteiger partial charge in [-0.3, -0.25) is 0 Å². The first-order valence-electron chi connectivity index (χ1n) is 4.04. The summed E-state index contributed by atoms with van der Waals surface area (Å²) in [6, 6.07) is 6.38. The molecular formula is C10H12N2. The second kappa shape index (κ2) is 2.55. The highest BCUT2D eigenvalue weighted by molar-refractivity contribution is 5.74. The quantitative estimate of drug-likeness (QED) is 0.626. The van der Waals surface area contributed by atoms with Crippen molar-refractivity contribution < 1.29 is 0 Å². The number of fused-ring (bicyclic) bond motifs is 1. The van der Waals surface area contributed by atoms with Crippen LogP contribution in [0.15, 0.2) is 30.6 Å². The van der Waals surface area contributed by atoms with Crippen molar-refractivity contribution in [2.45, 2.75) is 6.92 Å². The second-order valence-corrected chi connectivity index (χ2v) is 3.09. The van der Waals surface area contributed by atoms with Crippen LogP contribution in [0.25, 0.3) is 0 Å². The highest BCUT2D eigenvalue weighted by Gasteiger charge is 2.07. The summed E-state index contributed by atoms with van der Waals surface area (Å²) in [5.74, 6) is 0. The molecule has 1 aromatic carbocycles. The summed E-state index contributed by atoms with van der Waals surface area (Å²) in [6.45, 7) is 2.10. The van der Waals surface area contributed by atoms with Crippen LogP contribution in [0, 0.1) is 6.92 Å². The van der Waals surface area contributed by atoms with Gasteiger partial charge in [0.1, 0.15) is 0 Å². The Labute approximate surface area is 72.5 Å². The molecule has 0 aromatic heterocycles. The predicted octanol–water partition coefficient (Wildman–Crippen LogP) is 2.33. The van der Waals surface area contributed by atoms with Crippen LogP contribution in [-0.2, 0) is 0 Å². The van der Waals surface area contributed by atoms with Gasteiger partial charge in [-0.05, 0) is 24.6 Å². The molecule has 0 saturated carbocycles. The van der Waals surface area contributed by atoms with Crippen molar-refractivity contribution in [3.8, 4) is 0 Å². The Kier molecular flexibility index (Phi) is 1.54. The first-order chi connectivity index (χ1) is 5.77. The molecule has 0 amide bonds. The summed E-state index contributed by atoms with van der Waals surface area (Å²) in [6.07, 6.45) is 3.96. The average molecular weight is 160 g/mol. The van der Waals surface area contributed by atoms with Gasteiger partial charge in [-0.2, -0.15) is 0 Å². The van der Waals surface area contributed by atoms with Gasteiger partial charge in [-0.25, -0.2) is 0 Å². The predicted molar refractivity (Wildman–Crippen MR) is 52.3 cm³/mol. The van der Waals surface area contributed by atoms with Gasteiger partial charge in [0.05, 0.1) is 11.4 Å². The van der Waals surface area contributed by atoms with E-state index >= 15 is 0 Å². The molecule has 2 heteroatoms. The van der Waals surface area contributed by atoms with E-state index in [-0.39, 0.29) is 0 Å². The number of nitrogens with one attached hydrogen (secondary N) is 1. The summed E-state index contributed by atoms with van der Waals surface area (Å²) in [7, 11) is 2.05. The SMILES string of the molecule is Cc1ccc2c(c1)N(C)C=CN2. The van der Waals surface area contributed by atoms with Gasteiger partial charge in [0, 0.05) is 19.4 Å². The Bertz CT molecular complexity index is 329. The molecule has 0 radical (unpaired) electrons. The standard InChI is InChI=1S/C10H12N2/c1-8-3-4-9-10(7-8)12(2)6-5-11-9/h3-7,11H,1-2H3. The van der Waals surface area contributed by atoms with Crippen molar-refractivity contribution in [3.05, 3.63) is 36.2 Å². The maximum absolute atomic E-state index is 3.20. The molecule has 2 nitrogen and oxygen atoms in total. The first kappa shape index (κ1) is 7.22. The van der Waals surface area contributed by atoms with Gasteiger partial charge in [-0.15, -0.1) is 0 Å². The molecule has 1 aromatic rings. The Morgan fingerprint density at radius 1 is 1.33 bits per heavy atom. The zero-order valence-corrected chi connectivity index (χ0v) is 7.33. The Morgan fingerprint density at radius 2 is 2.17 bits per heavy atom. The van der Waals surface area contributed by atoms with Crippen LogP contribution >= 0.6 is 0 Å². The second-order valence-electron chi connectivity index (χ2n) is 3.09. The van der Waals surface area contributed by atoms with Crippen molar-refractivity contribution >= 4 is 11.4 Å². The maximum atomic E-state index is 3.20. The summed E-state index contributed by atoms with van der Waals surface area (Å²) < 4.78 is 0. The fourth-order valence-electron chi connectivity index (χ4n) is 1.37. The smallest absolute Gasteiger partial charge is 0.0645 e. The lowest BCUT2D eigenvalue weighted by molar-refractivity contribution is 1.17. The molecule has 0 bridgehead atoms. The third kappa shape index (κ3) is 1.05. The normalized spacial score (nSPS) is 14.0. The molecule has 1 heterocycles. The number of benzene rings is 1. The van der Waals surface area contributed by atoms with Crippen LogP contribution in [-0.4, -0.2) is 7.05 Å². The number of rotatable bonds is 0. The molecule has 12 heavy (non-hydrogen) atoms. The summed E-state index contributed by atoms with van der Waals surface area (Å²) in [5.41, 5.74) is 3.70. The van der Waals surface area contributed by atoms with Crippen LogP contribution in [0.4, 0.5) is 11.4 Å². The maximum Gasteiger partial charge on any atom is 0.0645 e. The third-order valence-corrected chi connectivity index (χ3v) is 2.07. The number of aryl methyl sites for hydroxylation is 1. The largest absolute Gasteiger partial charge is 0.359 e. The first-order valence-corrected chi connectivity index (χ1v) is 4.04. The van der Waals surface area contributed by atoms with E-state index in [9.17, 15) is 0 Å². The van der Waals surface area contributed by atoms with E-state index < -0.39 is 0 Å². The van der Waals surface area contributed by atoms with Crippen LogP contribution in [0.1, 0.15) is 5.56 Å². The van der Waals surface area contributed by atoms with Crippen LogP contribution in [0.5, 0.6) is 0 Å². The van der Waals surface area contributed by atoms with E-state index in [0.29, 0.717) is 0 Å². The Hall–Kier alpha value is -1.44. The molecule has 0 atom stereocenters. The van der Waals surface area contributed by atoms with Crippen molar-refractivity contribution in [1.29, 1.82) is 0 Å². The zero-order valence-electron chi connectivity index (χ0n) is 7.33. The molecule has 0 unspecified atom stereocenters. The van der Waals surface area contributed by atoms with Gasteiger partial charge < -0.3 is 10.2 Å². The lowest BCUT2D eigenvalue weighted by Gasteiger charge is -2.23. The van der Waals surface area contributed by atoms with Crippen LogP contribution in [0.2, 0.25) is 0 Å². The van der Waals surface area contributed by atoms with Gasteiger partial charge in [0.15, 0.2) is 0 Å². The fourth-order valence-corrected chi connectivity index (χ4v) is 1.37. The van der Waals surface area contributed by atoms with Gasteiger partial charge in [0.2, 0.25) is 0 Å². The molecule has 62 valence electrons. The molecule has 0 saturated heterocycles. The van der Waals surface area contributed by atoms with Crippen molar-refractivity contribution in [2.24, 2.45) is 0 Å². The molecule has 0 spiro atoms. The minimum Gasteiger partial charge on any atom is -0.359 e. The molecule has 1 N–H and O–H groups in total.